The van der Waals surface area contributed by atoms with E-state index in [-0.39, 0.29) is 22.3 Å². The highest BCUT2D eigenvalue weighted by Gasteiger charge is 2.21. The van der Waals surface area contributed by atoms with Crippen molar-refractivity contribution in [3.05, 3.63) is 124 Å². The molecule has 0 atom stereocenters. The minimum absolute atomic E-state index is 0.120. The molecule has 0 spiro atoms. The normalized spacial score (nSPS) is 12.8. The Morgan fingerprint density at radius 3 is 1.57 bits per heavy atom. The molecule has 5 heterocycles. The summed E-state index contributed by atoms with van der Waals surface area (Å²) >= 11 is 3.60. The molecule has 3 N–H and O–H groups in total. The Hall–Kier alpha value is -5.79. The van der Waals surface area contributed by atoms with Crippen molar-refractivity contribution in [2.45, 2.75) is 52.4 Å². The number of aromatic hydroxyl groups is 2. The van der Waals surface area contributed by atoms with Gasteiger partial charge >= 0.3 is 0 Å². The minimum Gasteiger partial charge on any atom is -0.507 e. The summed E-state index contributed by atoms with van der Waals surface area (Å²) in [4.78, 5) is 19.3. The predicted molar refractivity (Wildman–Crippen MR) is 228 cm³/mol. The van der Waals surface area contributed by atoms with Gasteiger partial charge in [-0.15, -0.1) is 0 Å². The fourth-order valence-electron chi connectivity index (χ4n) is 7.40. The molecule has 8 aromatic rings. The molecule has 0 saturated heterocycles. The van der Waals surface area contributed by atoms with Crippen molar-refractivity contribution in [3.63, 3.8) is 0 Å². The third-order valence-electron chi connectivity index (χ3n) is 10.6. The third-order valence-corrected chi connectivity index (χ3v) is 11.1. The van der Waals surface area contributed by atoms with E-state index < -0.39 is 0 Å². The molecule has 0 aliphatic carbocycles. The lowest BCUT2D eigenvalue weighted by molar-refractivity contribution is 0.486. The van der Waals surface area contributed by atoms with Crippen LogP contribution >= 0.6 is 15.9 Å². The van der Waals surface area contributed by atoms with E-state index in [0.717, 1.165) is 65.3 Å². The molecule has 266 valence electrons. The highest BCUT2D eigenvalue weighted by molar-refractivity contribution is 9.10. The zero-order chi connectivity index (χ0) is 37.7. The molecule has 0 fully saturated rings. The van der Waals surface area contributed by atoms with Crippen molar-refractivity contribution in [2.24, 2.45) is 0 Å². The molecule has 0 amide bonds. The zero-order valence-electron chi connectivity index (χ0n) is 31.0. The lowest BCUT2D eigenvalue weighted by Gasteiger charge is -2.20. The maximum absolute atomic E-state index is 12.2. The van der Waals surface area contributed by atoms with E-state index >= 15 is 0 Å². The van der Waals surface area contributed by atoms with Gasteiger partial charge in [-0.3, -0.25) is 0 Å². The van der Waals surface area contributed by atoms with Gasteiger partial charge in [0.2, 0.25) is 0 Å². The van der Waals surface area contributed by atoms with E-state index in [0.29, 0.717) is 38.3 Å². The number of hydrogen-bond donors (Lipinski definition) is 3. The van der Waals surface area contributed by atoms with Gasteiger partial charge in [-0.1, -0.05) is 93.9 Å². The van der Waals surface area contributed by atoms with Crippen LogP contribution in [0.15, 0.2) is 102 Å². The van der Waals surface area contributed by atoms with Crippen LogP contribution in [0.5, 0.6) is 11.5 Å². The van der Waals surface area contributed by atoms with Gasteiger partial charge in [-0.25, -0.2) is 15.0 Å². The average molecular weight is 772 g/mol. The number of nitrogens with one attached hydrogen (secondary N) is 1. The summed E-state index contributed by atoms with van der Waals surface area (Å²) < 4.78 is 0.972. The zero-order valence-corrected chi connectivity index (χ0v) is 32.6. The van der Waals surface area contributed by atoms with Crippen LogP contribution in [-0.4, -0.2) is 30.1 Å². The summed E-state index contributed by atoms with van der Waals surface area (Å²) in [6.45, 7) is 13.0. The summed E-state index contributed by atoms with van der Waals surface area (Å²) in [6.07, 6.45) is 3.98. The van der Waals surface area contributed by atoms with E-state index in [4.69, 9.17) is 15.0 Å². The number of aromatic amines is 1. The molecule has 9 rings (SSSR count). The Kier molecular flexibility index (Phi) is 7.63. The first-order chi connectivity index (χ1) is 25.7. The molecule has 0 radical (unpaired) electrons. The Balaban J connectivity index is 1.55. The molecule has 4 aromatic heterocycles. The number of benzene rings is 4. The lowest BCUT2D eigenvalue weighted by Crippen LogP contribution is -2.10. The molecule has 54 heavy (non-hydrogen) atoms. The molecular formula is C47H39BrN4O2. The largest absolute Gasteiger partial charge is 0.507 e. The predicted octanol–water partition coefficient (Wildman–Crippen LogP) is 12.7. The number of hydrogen-bond acceptors (Lipinski definition) is 5. The standard InChI is InChI=1S/C47H39BrN4O2/c1-46(2,3)28-21-31-35-17-19-39(49-35)41(25-9-13-30(48)14-10-25)40-20-18-36(50-40)32-22-29(47(4,5)6)24-34(45(32)54)38-16-12-27-8-7-26-11-15-37(33(23-28)44(31)53)51-42(26)43(27)52-38/h7-24,49,53-54H,1-6H3. The number of phenols is 2. The molecule has 0 unspecified atom stereocenters. The Morgan fingerprint density at radius 2 is 1.00 bits per heavy atom. The SMILES string of the molecule is CC(C)(C)c1cc2c3nc(c(-c4ccc(Br)cc4)c4ccc([nH]4)c4cc(C(C)(C)C)cc(c4O)c4ccc5ccc6ccc(nc6c5n4)c(c1)c2O)C=C3. The number of H-pyrrole nitrogens is 1. The van der Waals surface area contributed by atoms with Gasteiger partial charge in [-0.05, 0) is 100 Å². The van der Waals surface area contributed by atoms with Crippen LogP contribution in [0.25, 0.3) is 88.7 Å². The van der Waals surface area contributed by atoms with Gasteiger partial charge in [0.25, 0.3) is 0 Å². The van der Waals surface area contributed by atoms with Crippen molar-refractivity contribution in [1.82, 2.24) is 19.9 Å². The van der Waals surface area contributed by atoms with E-state index in [1.54, 1.807) is 0 Å². The van der Waals surface area contributed by atoms with Crippen molar-refractivity contribution in [3.8, 4) is 22.6 Å². The molecular weight excluding hydrogens is 732 g/mol. The van der Waals surface area contributed by atoms with Gasteiger partial charge in [0.05, 0.1) is 33.5 Å². The molecule has 0 saturated carbocycles. The third kappa shape index (κ3) is 5.66. The first-order valence-corrected chi connectivity index (χ1v) is 19.0. The van der Waals surface area contributed by atoms with Crippen LogP contribution in [-0.2, 0) is 10.8 Å². The number of aromatic nitrogens is 4. The molecule has 4 aromatic carbocycles. The van der Waals surface area contributed by atoms with Gasteiger partial charge in [-0.2, -0.15) is 0 Å². The number of rotatable bonds is 1. The molecule has 7 heteroatoms. The maximum Gasteiger partial charge on any atom is 0.134 e. The highest BCUT2D eigenvalue weighted by atomic mass is 79.9. The number of pyridine rings is 2. The second-order valence-corrected chi connectivity index (χ2v) is 17.2. The molecule has 6 nitrogen and oxygen atoms in total. The summed E-state index contributed by atoms with van der Waals surface area (Å²) in [5.74, 6) is 0.263. The Labute approximate surface area is 321 Å². The van der Waals surface area contributed by atoms with Gasteiger partial charge in [0.1, 0.15) is 11.5 Å². The first-order valence-electron chi connectivity index (χ1n) is 18.2. The Bertz CT molecular complexity index is 3040. The lowest BCUT2D eigenvalue weighted by atomic mass is 9.85. The summed E-state index contributed by atoms with van der Waals surface area (Å²) in [6, 6.07) is 32.5. The van der Waals surface area contributed by atoms with E-state index in [2.05, 4.69) is 98.9 Å². The number of fused-ring (bicyclic) bond motifs is 14. The smallest absolute Gasteiger partial charge is 0.134 e. The molecule has 1 aliphatic rings. The topological polar surface area (TPSA) is 94.9 Å². The molecule has 1 aliphatic heterocycles. The average Bonchev–Trinajstić information content (AvgIpc) is 3.82. The highest BCUT2D eigenvalue weighted by Crippen LogP contribution is 2.40. The quantitative estimate of drug-likeness (QED) is 0.144. The van der Waals surface area contributed by atoms with Crippen LogP contribution in [0, 0.1) is 0 Å². The van der Waals surface area contributed by atoms with E-state index in [1.165, 1.54) is 0 Å². The summed E-state index contributed by atoms with van der Waals surface area (Å²) in [5, 5.41) is 28.7. The minimum atomic E-state index is -0.223. The summed E-state index contributed by atoms with van der Waals surface area (Å²) in [7, 11) is 0. The summed E-state index contributed by atoms with van der Waals surface area (Å²) in [5.41, 5.74) is 9.29. The van der Waals surface area contributed by atoms with Crippen molar-refractivity contribution >= 4 is 93.5 Å². The van der Waals surface area contributed by atoms with Crippen LogP contribution in [0.3, 0.4) is 0 Å². The maximum atomic E-state index is 12.2. The second-order valence-electron chi connectivity index (χ2n) is 16.3. The number of nitrogens with zero attached hydrogens (tertiary/aromatic N) is 3. The van der Waals surface area contributed by atoms with Crippen LogP contribution < -0.4 is 0 Å². The van der Waals surface area contributed by atoms with Gasteiger partial charge < -0.3 is 15.2 Å². The van der Waals surface area contributed by atoms with E-state index in [9.17, 15) is 10.2 Å². The van der Waals surface area contributed by atoms with Crippen LogP contribution in [0.4, 0.5) is 0 Å². The fourth-order valence-corrected chi connectivity index (χ4v) is 7.67. The van der Waals surface area contributed by atoms with E-state index in [1.807, 2.05) is 72.8 Å². The second kappa shape index (κ2) is 12.1. The van der Waals surface area contributed by atoms with Crippen LogP contribution in [0.2, 0.25) is 0 Å². The van der Waals surface area contributed by atoms with Gasteiger partial charge in [0.15, 0.2) is 0 Å². The number of phenolic OH excluding ortho intramolecular Hbond substituents is 2. The monoisotopic (exact) mass is 770 g/mol. The fraction of sp³-hybridized carbons (Fsp3) is 0.170. The van der Waals surface area contributed by atoms with Crippen molar-refractivity contribution < 1.29 is 10.2 Å². The molecule has 12 bridgehead atoms. The Morgan fingerprint density at radius 1 is 0.519 bits per heavy atom. The number of halogens is 1. The van der Waals surface area contributed by atoms with Crippen LogP contribution in [0.1, 0.15) is 64.1 Å². The van der Waals surface area contributed by atoms with Crippen molar-refractivity contribution in [1.29, 1.82) is 0 Å². The van der Waals surface area contributed by atoms with Crippen molar-refractivity contribution in [2.75, 3.05) is 0 Å². The first kappa shape index (κ1) is 34.0. The van der Waals surface area contributed by atoms with Gasteiger partial charge in [0, 0.05) is 53.4 Å².